The number of aromatic nitrogens is 1. The Balaban J connectivity index is 1.84. The zero-order valence-electron chi connectivity index (χ0n) is 15.6. The molecule has 2 N–H and O–H groups in total. The smallest absolute Gasteiger partial charge is 0.271 e. The van der Waals surface area contributed by atoms with E-state index < -0.39 is 15.9 Å². The van der Waals surface area contributed by atoms with Crippen molar-refractivity contribution in [3.63, 3.8) is 0 Å². The van der Waals surface area contributed by atoms with Crippen molar-refractivity contribution in [2.45, 2.75) is 11.8 Å². The molecule has 0 saturated carbocycles. The van der Waals surface area contributed by atoms with Crippen LogP contribution in [0.25, 0.3) is 0 Å². The molecule has 0 unspecified atom stereocenters. The van der Waals surface area contributed by atoms with E-state index in [0.717, 1.165) is 5.56 Å². The van der Waals surface area contributed by atoms with Crippen LogP contribution in [0, 0.1) is 0 Å². The van der Waals surface area contributed by atoms with Crippen molar-refractivity contribution >= 4 is 50.5 Å². The average Bonchev–Trinajstić information content (AvgIpc) is 2.74. The number of amides is 1. The molecule has 0 saturated heterocycles. The zero-order valence-corrected chi connectivity index (χ0v) is 18.0. The number of para-hydroxylation sites is 1. The first kappa shape index (κ1) is 21.8. The van der Waals surface area contributed by atoms with Gasteiger partial charge in [-0.1, -0.05) is 35.3 Å². The van der Waals surface area contributed by atoms with Gasteiger partial charge in [0.25, 0.3) is 15.9 Å². The third-order valence-electron chi connectivity index (χ3n) is 4.02. The molecular weight excluding hydrogens is 447 g/mol. The fraction of sp³-hybridized carbons (Fsp3) is 0.0500. The first-order chi connectivity index (χ1) is 14.3. The van der Waals surface area contributed by atoms with E-state index in [1.165, 1.54) is 24.3 Å². The molecule has 0 fully saturated rings. The predicted molar refractivity (Wildman–Crippen MR) is 118 cm³/mol. The van der Waals surface area contributed by atoms with Crippen LogP contribution in [-0.4, -0.2) is 25.0 Å². The monoisotopic (exact) mass is 462 g/mol. The molecule has 0 aliphatic rings. The van der Waals surface area contributed by atoms with Gasteiger partial charge in [-0.2, -0.15) is 5.10 Å². The number of carbonyl (C=O) groups is 1. The van der Waals surface area contributed by atoms with Crippen molar-refractivity contribution in [2.75, 3.05) is 4.72 Å². The number of benzene rings is 2. The third kappa shape index (κ3) is 5.15. The number of halogens is 2. The summed E-state index contributed by atoms with van der Waals surface area (Å²) in [5.74, 6) is -0.589. The highest BCUT2D eigenvalue weighted by Crippen LogP contribution is 2.28. The fourth-order valence-electron chi connectivity index (χ4n) is 2.45. The molecule has 0 bridgehead atoms. The van der Waals surface area contributed by atoms with E-state index in [9.17, 15) is 13.2 Å². The molecule has 30 heavy (non-hydrogen) atoms. The first-order valence-corrected chi connectivity index (χ1v) is 10.8. The van der Waals surface area contributed by atoms with Gasteiger partial charge in [0.05, 0.1) is 21.4 Å². The van der Waals surface area contributed by atoms with Crippen molar-refractivity contribution in [1.29, 1.82) is 0 Å². The van der Waals surface area contributed by atoms with Crippen molar-refractivity contribution < 1.29 is 13.2 Å². The number of hydrogen-bond acceptors (Lipinski definition) is 5. The van der Waals surface area contributed by atoms with E-state index in [4.69, 9.17) is 23.2 Å². The highest BCUT2D eigenvalue weighted by molar-refractivity contribution is 7.92. The molecule has 3 rings (SSSR count). The number of rotatable bonds is 6. The standard InChI is InChI=1S/C20H16Cl2N4O3S/c1-13(14-8-10-23-11-9-14)24-25-20(27)15-6-7-17(22)19(12-15)30(28,29)26-18-5-3-2-4-16(18)21/h2-12,26H,1H3,(H,25,27)/b24-13-. The minimum Gasteiger partial charge on any atom is -0.278 e. The molecule has 1 amide bonds. The molecule has 3 aromatic rings. The molecule has 2 aromatic carbocycles. The maximum absolute atomic E-state index is 12.8. The third-order valence-corrected chi connectivity index (χ3v) is 6.20. The maximum atomic E-state index is 12.8. The van der Waals surface area contributed by atoms with E-state index in [-0.39, 0.29) is 26.2 Å². The maximum Gasteiger partial charge on any atom is 0.271 e. The van der Waals surface area contributed by atoms with Crippen LogP contribution >= 0.6 is 23.2 Å². The number of nitrogens with one attached hydrogen (secondary N) is 2. The number of carbonyl (C=O) groups excluding carboxylic acids is 1. The largest absolute Gasteiger partial charge is 0.278 e. The van der Waals surface area contributed by atoms with Gasteiger partial charge < -0.3 is 0 Å². The van der Waals surface area contributed by atoms with Gasteiger partial charge in [-0.25, -0.2) is 13.8 Å². The summed E-state index contributed by atoms with van der Waals surface area (Å²) in [6.07, 6.45) is 3.22. The Labute approximate surface area is 183 Å². The van der Waals surface area contributed by atoms with Gasteiger partial charge in [-0.3, -0.25) is 14.5 Å². The van der Waals surface area contributed by atoms with Gasteiger partial charge in [0.2, 0.25) is 0 Å². The number of hydrogen-bond donors (Lipinski definition) is 2. The average molecular weight is 463 g/mol. The lowest BCUT2D eigenvalue weighted by Crippen LogP contribution is -2.20. The van der Waals surface area contributed by atoms with Crippen LogP contribution in [-0.2, 0) is 10.0 Å². The molecule has 0 atom stereocenters. The van der Waals surface area contributed by atoms with Gasteiger partial charge in [0, 0.05) is 23.5 Å². The Bertz CT molecular complexity index is 1220. The first-order valence-electron chi connectivity index (χ1n) is 8.60. The number of anilines is 1. The highest BCUT2D eigenvalue weighted by Gasteiger charge is 2.21. The highest BCUT2D eigenvalue weighted by atomic mass is 35.5. The summed E-state index contributed by atoms with van der Waals surface area (Å²) in [6.45, 7) is 1.72. The molecule has 1 heterocycles. The van der Waals surface area contributed by atoms with Crippen molar-refractivity contribution in [3.05, 3.63) is 88.2 Å². The Hall–Kier alpha value is -2.94. The van der Waals surface area contributed by atoms with Gasteiger partial charge >= 0.3 is 0 Å². The molecule has 0 aliphatic heterocycles. The van der Waals surface area contributed by atoms with Gasteiger partial charge in [0.1, 0.15) is 4.90 Å². The molecule has 0 spiro atoms. The SMILES string of the molecule is C/C(=N/NC(=O)c1ccc(Cl)c(S(=O)(=O)Nc2ccccc2Cl)c1)c1ccncc1. The van der Waals surface area contributed by atoms with Gasteiger partial charge in [0.15, 0.2) is 0 Å². The van der Waals surface area contributed by atoms with Crippen molar-refractivity contribution in [3.8, 4) is 0 Å². The summed E-state index contributed by atoms with van der Waals surface area (Å²) in [4.78, 5) is 16.1. The summed E-state index contributed by atoms with van der Waals surface area (Å²) in [6, 6.07) is 13.8. The van der Waals surface area contributed by atoms with E-state index in [1.807, 2.05) is 0 Å². The molecule has 10 heteroatoms. The van der Waals surface area contributed by atoms with E-state index in [1.54, 1.807) is 49.6 Å². The minimum atomic E-state index is -4.09. The molecular formula is C20H16Cl2N4O3S. The summed E-state index contributed by atoms with van der Waals surface area (Å²) in [5.41, 5.74) is 4.02. The van der Waals surface area contributed by atoms with Crippen LogP contribution in [0.3, 0.4) is 0 Å². The van der Waals surface area contributed by atoms with Gasteiger partial charge in [-0.05, 0) is 49.4 Å². The molecule has 154 valence electrons. The van der Waals surface area contributed by atoms with E-state index in [0.29, 0.717) is 5.71 Å². The van der Waals surface area contributed by atoms with Gasteiger partial charge in [-0.15, -0.1) is 0 Å². The Kier molecular flexibility index (Phi) is 6.71. The summed E-state index contributed by atoms with van der Waals surface area (Å²) >= 11 is 12.1. The fourth-order valence-corrected chi connectivity index (χ4v) is 4.30. The predicted octanol–water partition coefficient (Wildman–Crippen LogP) is 4.34. The van der Waals surface area contributed by atoms with Crippen LogP contribution in [0.2, 0.25) is 10.0 Å². The quantitative estimate of drug-likeness (QED) is 0.420. The zero-order chi connectivity index (χ0) is 21.7. The lowest BCUT2D eigenvalue weighted by Gasteiger charge is -2.12. The second-order valence-corrected chi connectivity index (χ2v) is 8.57. The Morgan fingerprint density at radius 1 is 0.967 bits per heavy atom. The number of sulfonamides is 1. The Morgan fingerprint density at radius 2 is 1.67 bits per heavy atom. The van der Waals surface area contributed by atoms with Crippen LogP contribution in [0.1, 0.15) is 22.8 Å². The number of pyridine rings is 1. The van der Waals surface area contributed by atoms with Crippen LogP contribution in [0.4, 0.5) is 5.69 Å². The lowest BCUT2D eigenvalue weighted by atomic mass is 10.2. The van der Waals surface area contributed by atoms with Crippen molar-refractivity contribution in [2.24, 2.45) is 5.10 Å². The summed E-state index contributed by atoms with van der Waals surface area (Å²) in [5, 5.41) is 4.23. The lowest BCUT2D eigenvalue weighted by molar-refractivity contribution is 0.0954. The van der Waals surface area contributed by atoms with Crippen molar-refractivity contribution in [1.82, 2.24) is 10.4 Å². The Morgan fingerprint density at radius 3 is 2.37 bits per heavy atom. The van der Waals surface area contributed by atoms with E-state index >= 15 is 0 Å². The van der Waals surface area contributed by atoms with Crippen LogP contribution < -0.4 is 10.1 Å². The summed E-state index contributed by atoms with van der Waals surface area (Å²) < 4.78 is 27.9. The molecule has 1 aromatic heterocycles. The molecule has 7 nitrogen and oxygen atoms in total. The number of nitrogens with zero attached hydrogens (tertiary/aromatic N) is 2. The second-order valence-electron chi connectivity index (χ2n) is 6.10. The topological polar surface area (TPSA) is 101 Å². The van der Waals surface area contributed by atoms with E-state index in [2.05, 4.69) is 20.2 Å². The normalized spacial score (nSPS) is 11.8. The summed E-state index contributed by atoms with van der Waals surface area (Å²) in [7, 11) is -4.09. The minimum absolute atomic E-state index is 0.0393. The molecule has 0 radical (unpaired) electrons. The molecule has 0 aliphatic carbocycles. The second kappa shape index (κ2) is 9.25. The number of hydrazone groups is 1. The van der Waals surface area contributed by atoms with Crippen LogP contribution in [0.5, 0.6) is 0 Å². The van der Waals surface area contributed by atoms with Crippen LogP contribution in [0.15, 0.2) is 77.0 Å².